The summed E-state index contributed by atoms with van der Waals surface area (Å²) in [6.45, 7) is 6.83. The van der Waals surface area contributed by atoms with Crippen molar-refractivity contribution in [1.82, 2.24) is 20.4 Å². The summed E-state index contributed by atoms with van der Waals surface area (Å²) >= 11 is 1.24. The molecule has 2 N–H and O–H groups in total. The van der Waals surface area contributed by atoms with Gasteiger partial charge in [-0.1, -0.05) is 5.16 Å². The van der Waals surface area contributed by atoms with Crippen molar-refractivity contribution in [2.75, 3.05) is 6.61 Å². The largest absolute Gasteiger partial charge is 0.394 e. The Kier molecular flexibility index (Phi) is 5.90. The van der Waals surface area contributed by atoms with Crippen LogP contribution in [0, 0.1) is 19.7 Å². The lowest BCUT2D eigenvalue weighted by Crippen LogP contribution is -2.46. The summed E-state index contributed by atoms with van der Waals surface area (Å²) in [5.74, 6) is -0.131. The zero-order valence-corrected chi connectivity index (χ0v) is 17.3. The molecule has 0 unspecified atom stereocenters. The minimum Gasteiger partial charge on any atom is -0.394 e. The van der Waals surface area contributed by atoms with Crippen LogP contribution in [0.2, 0.25) is 0 Å². The molecule has 0 aliphatic rings. The van der Waals surface area contributed by atoms with Crippen LogP contribution in [0.5, 0.6) is 0 Å². The average molecular weight is 416 g/mol. The van der Waals surface area contributed by atoms with Crippen molar-refractivity contribution in [3.05, 3.63) is 51.0 Å². The van der Waals surface area contributed by atoms with E-state index in [0.717, 1.165) is 6.20 Å². The smallest absolute Gasteiger partial charge is 0.263 e. The SMILES string of the molecule is Cc1nc(/C=C/c2c(-c3ccc(F)cn3)noc2C)sc1C(=O)NC(C)(C)CO. The van der Waals surface area contributed by atoms with Gasteiger partial charge in [-0.25, -0.2) is 9.37 Å². The highest BCUT2D eigenvalue weighted by atomic mass is 32.1. The minimum atomic E-state index is -0.722. The molecule has 0 aliphatic carbocycles. The van der Waals surface area contributed by atoms with E-state index in [1.807, 2.05) is 0 Å². The maximum absolute atomic E-state index is 13.1. The zero-order chi connectivity index (χ0) is 21.2. The Morgan fingerprint density at radius 3 is 2.76 bits per heavy atom. The van der Waals surface area contributed by atoms with Gasteiger partial charge in [0.2, 0.25) is 0 Å². The predicted molar refractivity (Wildman–Crippen MR) is 109 cm³/mol. The van der Waals surface area contributed by atoms with E-state index in [4.69, 9.17) is 4.52 Å². The van der Waals surface area contributed by atoms with E-state index in [0.29, 0.717) is 38.3 Å². The van der Waals surface area contributed by atoms with Gasteiger partial charge in [0.15, 0.2) is 0 Å². The number of pyridine rings is 1. The highest BCUT2D eigenvalue weighted by molar-refractivity contribution is 7.14. The van der Waals surface area contributed by atoms with Crippen LogP contribution in [0.1, 0.15) is 45.5 Å². The Morgan fingerprint density at radius 2 is 2.10 bits per heavy atom. The van der Waals surface area contributed by atoms with Crippen LogP contribution in [0.4, 0.5) is 4.39 Å². The molecular formula is C20H21FN4O3S. The van der Waals surface area contributed by atoms with Crippen molar-refractivity contribution >= 4 is 29.4 Å². The van der Waals surface area contributed by atoms with E-state index >= 15 is 0 Å². The number of carbonyl (C=O) groups excluding carboxylic acids is 1. The third-order valence-electron chi connectivity index (χ3n) is 4.14. The van der Waals surface area contributed by atoms with Gasteiger partial charge in [-0.05, 0) is 52.0 Å². The van der Waals surface area contributed by atoms with Gasteiger partial charge in [0.05, 0.1) is 29.7 Å². The summed E-state index contributed by atoms with van der Waals surface area (Å²) in [5.41, 5.74) is 1.56. The molecule has 3 aromatic rings. The Morgan fingerprint density at radius 1 is 1.34 bits per heavy atom. The molecule has 7 nitrogen and oxygen atoms in total. The molecule has 0 fully saturated rings. The third kappa shape index (κ3) is 4.75. The number of hydrogen-bond donors (Lipinski definition) is 2. The summed E-state index contributed by atoms with van der Waals surface area (Å²) in [4.78, 5) is 21.4. The lowest BCUT2D eigenvalue weighted by molar-refractivity contribution is 0.0872. The zero-order valence-electron chi connectivity index (χ0n) is 16.5. The normalized spacial score (nSPS) is 11.9. The van der Waals surface area contributed by atoms with Crippen molar-refractivity contribution in [3.8, 4) is 11.4 Å². The van der Waals surface area contributed by atoms with Gasteiger partial charge >= 0.3 is 0 Å². The number of hydrogen-bond acceptors (Lipinski definition) is 7. The summed E-state index contributed by atoms with van der Waals surface area (Å²) in [6.07, 6.45) is 4.66. The fraction of sp³-hybridized carbons (Fsp3) is 0.300. The fourth-order valence-electron chi connectivity index (χ4n) is 2.53. The van der Waals surface area contributed by atoms with Crippen LogP contribution in [0.3, 0.4) is 0 Å². The van der Waals surface area contributed by atoms with Crippen LogP contribution in [0.25, 0.3) is 23.5 Å². The number of nitrogens with one attached hydrogen (secondary N) is 1. The van der Waals surface area contributed by atoms with Crippen molar-refractivity contribution in [2.45, 2.75) is 33.2 Å². The van der Waals surface area contributed by atoms with Gasteiger partial charge in [-0.15, -0.1) is 11.3 Å². The quantitative estimate of drug-likeness (QED) is 0.636. The Bertz CT molecular complexity index is 1050. The third-order valence-corrected chi connectivity index (χ3v) is 5.26. The monoisotopic (exact) mass is 416 g/mol. The molecule has 29 heavy (non-hydrogen) atoms. The van der Waals surface area contributed by atoms with E-state index in [-0.39, 0.29) is 12.5 Å². The molecule has 0 radical (unpaired) electrons. The standard InChI is InChI=1S/C20H21FN4O3S/c1-11-18(19(27)24-20(3,4)10-26)29-16(23-11)8-6-14-12(2)28-25-17(14)15-7-5-13(21)9-22-15/h5-9,26H,10H2,1-4H3,(H,24,27)/b8-6+. The molecule has 3 rings (SSSR count). The van der Waals surface area contributed by atoms with E-state index < -0.39 is 11.4 Å². The molecule has 0 saturated carbocycles. The first-order valence-electron chi connectivity index (χ1n) is 8.87. The second-order valence-electron chi connectivity index (χ2n) is 7.16. The number of aliphatic hydroxyl groups is 1. The summed E-state index contributed by atoms with van der Waals surface area (Å²) in [5, 5.41) is 16.8. The van der Waals surface area contributed by atoms with Crippen molar-refractivity contribution in [2.24, 2.45) is 0 Å². The molecule has 152 valence electrons. The molecule has 9 heteroatoms. The van der Waals surface area contributed by atoms with Crippen molar-refractivity contribution < 1.29 is 18.8 Å². The number of aromatic nitrogens is 3. The minimum absolute atomic E-state index is 0.170. The first-order valence-corrected chi connectivity index (χ1v) is 9.69. The van der Waals surface area contributed by atoms with Crippen molar-refractivity contribution in [1.29, 1.82) is 0 Å². The molecule has 0 aliphatic heterocycles. The molecular weight excluding hydrogens is 395 g/mol. The number of aryl methyl sites for hydroxylation is 2. The second kappa shape index (κ2) is 8.22. The van der Waals surface area contributed by atoms with E-state index in [2.05, 4.69) is 20.4 Å². The topological polar surface area (TPSA) is 101 Å². The van der Waals surface area contributed by atoms with Gasteiger partial charge in [-0.3, -0.25) is 9.78 Å². The Labute approximate surface area is 171 Å². The highest BCUT2D eigenvalue weighted by Gasteiger charge is 2.23. The van der Waals surface area contributed by atoms with Gasteiger partial charge in [-0.2, -0.15) is 0 Å². The molecule has 1 amide bonds. The van der Waals surface area contributed by atoms with Crippen LogP contribution in [-0.2, 0) is 0 Å². The predicted octanol–water partition coefficient (Wildman–Crippen LogP) is 3.62. The van der Waals surface area contributed by atoms with Crippen molar-refractivity contribution in [3.63, 3.8) is 0 Å². The number of carbonyl (C=O) groups is 1. The van der Waals surface area contributed by atoms with Gasteiger partial charge < -0.3 is 14.9 Å². The number of thiazole rings is 1. The molecule has 0 aromatic carbocycles. The molecule has 0 atom stereocenters. The summed E-state index contributed by atoms with van der Waals surface area (Å²) in [6, 6.07) is 2.84. The number of halogens is 1. The number of amides is 1. The summed E-state index contributed by atoms with van der Waals surface area (Å²) in [7, 11) is 0. The first kappa shape index (κ1) is 20.8. The second-order valence-corrected chi connectivity index (χ2v) is 8.19. The number of rotatable bonds is 6. The molecule has 0 saturated heterocycles. The molecule has 0 bridgehead atoms. The highest BCUT2D eigenvalue weighted by Crippen LogP contribution is 2.27. The van der Waals surface area contributed by atoms with E-state index in [1.165, 1.54) is 23.5 Å². The van der Waals surface area contributed by atoms with Gasteiger partial charge in [0.25, 0.3) is 5.91 Å². The number of nitrogens with zero attached hydrogens (tertiary/aromatic N) is 3. The number of aliphatic hydroxyl groups excluding tert-OH is 1. The summed E-state index contributed by atoms with van der Waals surface area (Å²) < 4.78 is 18.4. The molecule has 3 aromatic heterocycles. The molecule has 0 spiro atoms. The van der Waals surface area contributed by atoms with Gasteiger partial charge in [0.1, 0.15) is 27.2 Å². The van der Waals surface area contributed by atoms with Crippen LogP contribution < -0.4 is 5.32 Å². The van der Waals surface area contributed by atoms with E-state index in [1.54, 1.807) is 39.8 Å². The van der Waals surface area contributed by atoms with Crippen LogP contribution >= 0.6 is 11.3 Å². The lowest BCUT2D eigenvalue weighted by atomic mass is 10.1. The average Bonchev–Trinajstić information content (AvgIpc) is 3.23. The first-order chi connectivity index (χ1) is 13.7. The molecule has 3 heterocycles. The van der Waals surface area contributed by atoms with E-state index in [9.17, 15) is 14.3 Å². The fourth-order valence-corrected chi connectivity index (χ4v) is 3.40. The van der Waals surface area contributed by atoms with Gasteiger partial charge in [0, 0.05) is 5.56 Å². The lowest BCUT2D eigenvalue weighted by Gasteiger charge is -2.22. The maximum Gasteiger partial charge on any atom is 0.263 e. The van der Waals surface area contributed by atoms with Crippen LogP contribution in [0.15, 0.2) is 22.9 Å². The Balaban J connectivity index is 1.86. The maximum atomic E-state index is 13.1. The Hall–Kier alpha value is -2.91. The van der Waals surface area contributed by atoms with Crippen LogP contribution in [-0.4, -0.2) is 38.3 Å².